The standard InChI is InChI=1S/C78H152O17P2/c1-7-9-11-13-15-16-17-18-19-20-21-22-23-26-30-33-38-44-50-56-62-77(82)95-74(67-89-76(81)61-55-49-43-37-32-29-27-24-25-28-31-35-41-46-52-58-70(3)4)69-93-97(86,87)91-65-72(79)64-90-96(84,85)92-68-73(66-88-75(80)60-54-48-40-14-12-10-8-2)94-78(83)63-57-51-45-39-34-36-42-47-53-59-71(5)6/h70-74,79H,7-69H2,1-6H3,(H,84,85)(H,86,87)/t72-,73+,74+/m0/s1. The number of carbonyl (C=O) groups is 4. The largest absolute Gasteiger partial charge is 0.472 e. The number of aliphatic hydroxyl groups excluding tert-OH is 1. The number of phosphoric ester groups is 2. The number of esters is 4. The first kappa shape index (κ1) is 95.1. The van der Waals surface area contributed by atoms with E-state index in [0.717, 1.165) is 115 Å². The molecular formula is C78H152O17P2. The minimum Gasteiger partial charge on any atom is -0.462 e. The van der Waals surface area contributed by atoms with Crippen molar-refractivity contribution in [1.82, 2.24) is 0 Å². The van der Waals surface area contributed by atoms with Gasteiger partial charge in [-0.2, -0.15) is 0 Å². The lowest BCUT2D eigenvalue weighted by Crippen LogP contribution is -2.30. The number of phosphoric acid groups is 2. The van der Waals surface area contributed by atoms with Gasteiger partial charge in [-0.3, -0.25) is 37.3 Å². The average Bonchev–Trinajstić information content (AvgIpc) is 2.15. The van der Waals surface area contributed by atoms with Crippen LogP contribution in [0.1, 0.15) is 408 Å². The van der Waals surface area contributed by atoms with Gasteiger partial charge in [0.1, 0.15) is 19.3 Å². The molecule has 0 amide bonds. The number of aliphatic hydroxyl groups is 1. The SMILES string of the molecule is CCCCCCCCCCCCCCCCCCCCCCC(=O)O[C@H](COC(=O)CCCCCCCCCCCCCCCCCC(C)C)COP(=O)(O)OC[C@@H](O)COP(=O)(O)OC[C@@H](COC(=O)CCCCCCCCC)OC(=O)CCCCCCCCCCCC(C)C. The highest BCUT2D eigenvalue weighted by Crippen LogP contribution is 2.45. The van der Waals surface area contributed by atoms with E-state index in [1.807, 2.05) is 0 Å². The monoisotopic (exact) mass is 1420 g/mol. The van der Waals surface area contributed by atoms with Gasteiger partial charge in [0.25, 0.3) is 0 Å². The highest BCUT2D eigenvalue weighted by Gasteiger charge is 2.30. The zero-order chi connectivity index (χ0) is 71.4. The lowest BCUT2D eigenvalue weighted by molar-refractivity contribution is -0.161. The van der Waals surface area contributed by atoms with Crippen molar-refractivity contribution < 1.29 is 80.2 Å². The molecule has 0 spiro atoms. The van der Waals surface area contributed by atoms with E-state index in [0.29, 0.717) is 25.7 Å². The van der Waals surface area contributed by atoms with Gasteiger partial charge in [0.05, 0.1) is 26.4 Å². The van der Waals surface area contributed by atoms with Gasteiger partial charge >= 0.3 is 39.5 Å². The Balaban J connectivity index is 5.17. The molecule has 2 unspecified atom stereocenters. The Morgan fingerprint density at radius 2 is 0.474 bits per heavy atom. The van der Waals surface area contributed by atoms with E-state index in [-0.39, 0.29) is 25.7 Å². The molecule has 0 saturated carbocycles. The van der Waals surface area contributed by atoms with Crippen molar-refractivity contribution in [1.29, 1.82) is 0 Å². The lowest BCUT2D eigenvalue weighted by atomic mass is 10.0. The van der Waals surface area contributed by atoms with Crippen LogP contribution in [0.4, 0.5) is 0 Å². The fraction of sp³-hybridized carbons (Fsp3) is 0.949. The first-order valence-electron chi connectivity index (χ1n) is 40.5. The van der Waals surface area contributed by atoms with Crippen molar-refractivity contribution in [3.63, 3.8) is 0 Å². The number of hydrogen-bond acceptors (Lipinski definition) is 15. The fourth-order valence-corrected chi connectivity index (χ4v) is 13.6. The zero-order valence-corrected chi connectivity index (χ0v) is 65.2. The van der Waals surface area contributed by atoms with E-state index in [9.17, 15) is 43.2 Å². The Morgan fingerprint density at radius 3 is 0.701 bits per heavy atom. The van der Waals surface area contributed by atoms with Gasteiger partial charge in [-0.1, -0.05) is 356 Å². The second kappa shape index (κ2) is 69.8. The predicted molar refractivity (Wildman–Crippen MR) is 395 cm³/mol. The number of carbonyl (C=O) groups excluding carboxylic acids is 4. The van der Waals surface area contributed by atoms with Crippen LogP contribution in [0.2, 0.25) is 0 Å². The summed E-state index contributed by atoms with van der Waals surface area (Å²) in [7, 11) is -9.91. The maximum absolute atomic E-state index is 13.1. The maximum atomic E-state index is 13.1. The number of hydrogen-bond donors (Lipinski definition) is 3. The average molecular weight is 1420 g/mol. The summed E-state index contributed by atoms with van der Waals surface area (Å²) in [5.74, 6) is -0.576. The summed E-state index contributed by atoms with van der Waals surface area (Å²) in [5, 5.41) is 10.6. The van der Waals surface area contributed by atoms with Gasteiger partial charge in [0.15, 0.2) is 12.2 Å². The minimum absolute atomic E-state index is 0.105. The predicted octanol–water partition coefficient (Wildman–Crippen LogP) is 23.1. The molecule has 0 aliphatic carbocycles. The van der Waals surface area contributed by atoms with Crippen molar-refractivity contribution in [2.75, 3.05) is 39.6 Å². The van der Waals surface area contributed by atoms with Crippen LogP contribution in [0.25, 0.3) is 0 Å². The first-order chi connectivity index (χ1) is 46.9. The van der Waals surface area contributed by atoms with Crippen molar-refractivity contribution in [2.45, 2.75) is 426 Å². The lowest BCUT2D eigenvalue weighted by Gasteiger charge is -2.21. The molecule has 0 radical (unpaired) electrons. The number of ether oxygens (including phenoxy) is 4. The smallest absolute Gasteiger partial charge is 0.462 e. The molecule has 0 aromatic carbocycles. The molecule has 17 nitrogen and oxygen atoms in total. The topological polar surface area (TPSA) is 237 Å². The highest BCUT2D eigenvalue weighted by atomic mass is 31.2. The molecule has 0 heterocycles. The van der Waals surface area contributed by atoms with Crippen molar-refractivity contribution >= 4 is 39.5 Å². The second-order valence-corrected chi connectivity index (χ2v) is 32.0. The van der Waals surface area contributed by atoms with Crippen LogP contribution in [-0.2, 0) is 65.4 Å². The molecule has 19 heteroatoms. The molecule has 0 aliphatic heterocycles. The van der Waals surface area contributed by atoms with Crippen molar-refractivity contribution in [2.24, 2.45) is 11.8 Å². The van der Waals surface area contributed by atoms with Crippen LogP contribution in [0.3, 0.4) is 0 Å². The summed E-state index contributed by atoms with van der Waals surface area (Å²) in [6, 6.07) is 0. The Bertz CT molecular complexity index is 1870. The third kappa shape index (κ3) is 72.2. The van der Waals surface area contributed by atoms with E-state index >= 15 is 0 Å². The molecule has 0 saturated heterocycles. The minimum atomic E-state index is -4.96. The quantitative estimate of drug-likeness (QED) is 0.0222. The Labute approximate surface area is 594 Å². The third-order valence-corrected chi connectivity index (χ3v) is 20.1. The van der Waals surface area contributed by atoms with E-state index in [2.05, 4.69) is 41.5 Å². The van der Waals surface area contributed by atoms with Crippen LogP contribution in [0.5, 0.6) is 0 Å². The second-order valence-electron chi connectivity index (χ2n) is 29.1. The molecule has 0 aromatic heterocycles. The van der Waals surface area contributed by atoms with Crippen molar-refractivity contribution in [3.05, 3.63) is 0 Å². The number of unbranched alkanes of at least 4 members (excludes halogenated alkanes) is 47. The summed E-state index contributed by atoms with van der Waals surface area (Å²) >= 11 is 0. The van der Waals surface area contributed by atoms with Gasteiger partial charge < -0.3 is 33.8 Å². The van der Waals surface area contributed by atoms with Gasteiger partial charge in [-0.15, -0.1) is 0 Å². The molecule has 3 N–H and O–H groups in total. The third-order valence-electron chi connectivity index (χ3n) is 18.2. The van der Waals surface area contributed by atoms with Gasteiger partial charge in [0.2, 0.25) is 0 Å². The molecule has 5 atom stereocenters. The van der Waals surface area contributed by atoms with Gasteiger partial charge in [0, 0.05) is 25.7 Å². The molecule has 0 aromatic rings. The van der Waals surface area contributed by atoms with Crippen molar-refractivity contribution in [3.8, 4) is 0 Å². The van der Waals surface area contributed by atoms with Crippen LogP contribution in [0, 0.1) is 11.8 Å². The molecule has 0 bridgehead atoms. The fourth-order valence-electron chi connectivity index (χ4n) is 12.0. The van der Waals surface area contributed by atoms with Gasteiger partial charge in [-0.25, -0.2) is 9.13 Å². The summed E-state index contributed by atoms with van der Waals surface area (Å²) in [6.45, 7) is 9.57. The summed E-state index contributed by atoms with van der Waals surface area (Å²) in [4.78, 5) is 72.7. The highest BCUT2D eigenvalue weighted by molar-refractivity contribution is 7.47. The Morgan fingerprint density at radius 1 is 0.278 bits per heavy atom. The van der Waals surface area contributed by atoms with Crippen LogP contribution in [0.15, 0.2) is 0 Å². The zero-order valence-electron chi connectivity index (χ0n) is 63.4. The Kier molecular flexibility index (Phi) is 68.4. The van der Waals surface area contributed by atoms with Crippen LogP contribution >= 0.6 is 15.6 Å². The molecule has 97 heavy (non-hydrogen) atoms. The summed E-state index contributed by atoms with van der Waals surface area (Å²) < 4.78 is 68.5. The molecule has 576 valence electrons. The van der Waals surface area contributed by atoms with Crippen LogP contribution < -0.4 is 0 Å². The molecule has 0 fully saturated rings. The van der Waals surface area contributed by atoms with E-state index in [1.54, 1.807) is 0 Å². The number of rotatable bonds is 77. The summed E-state index contributed by atoms with van der Waals surface area (Å²) in [5.41, 5.74) is 0. The van der Waals surface area contributed by atoms with Gasteiger partial charge in [-0.05, 0) is 37.5 Å². The molecule has 0 aliphatic rings. The first-order valence-corrected chi connectivity index (χ1v) is 43.5. The van der Waals surface area contributed by atoms with E-state index in [1.165, 1.54) is 212 Å². The van der Waals surface area contributed by atoms with Crippen LogP contribution in [-0.4, -0.2) is 96.7 Å². The Hall–Kier alpha value is -1.94. The van der Waals surface area contributed by atoms with E-state index in [4.69, 9.17) is 37.0 Å². The summed E-state index contributed by atoms with van der Waals surface area (Å²) in [6.07, 6.45) is 58.6. The maximum Gasteiger partial charge on any atom is 0.472 e. The molecular weight excluding hydrogens is 1270 g/mol. The molecule has 0 rings (SSSR count). The van der Waals surface area contributed by atoms with E-state index < -0.39 is 97.5 Å². The normalized spacial score (nSPS) is 14.0.